The Hall–Kier alpha value is -1.85. The molecule has 0 fully saturated rings. The third kappa shape index (κ3) is 1.77. The number of aromatic nitrogens is 4. The van der Waals surface area contributed by atoms with Gasteiger partial charge in [-0.2, -0.15) is 0 Å². The number of H-pyrrole nitrogens is 1. The van der Waals surface area contributed by atoms with Crippen LogP contribution in [0.4, 0.5) is 5.69 Å². The molecular weight excluding hydrogens is 273 g/mol. The van der Waals surface area contributed by atoms with Gasteiger partial charge in [-0.05, 0) is 12.1 Å². The Morgan fingerprint density at radius 2 is 1.89 bits per heavy atom. The van der Waals surface area contributed by atoms with Gasteiger partial charge in [-0.1, -0.05) is 23.2 Å². The number of nitrogens with zero attached hydrogens (tertiary/aromatic N) is 3. The highest BCUT2D eigenvalue weighted by Gasteiger charge is 2.10. The predicted octanol–water partition coefficient (Wildman–Crippen LogP) is 2.91. The Balaban J connectivity index is 2.20. The van der Waals surface area contributed by atoms with Crippen LogP contribution in [0.2, 0.25) is 10.0 Å². The molecule has 3 aromatic rings. The van der Waals surface area contributed by atoms with Crippen molar-refractivity contribution in [2.45, 2.75) is 0 Å². The molecule has 7 heteroatoms. The number of rotatable bonds is 1. The quantitative estimate of drug-likeness (QED) is 0.671. The Morgan fingerprint density at radius 1 is 1.17 bits per heavy atom. The number of anilines is 1. The number of benzene rings is 1. The van der Waals surface area contributed by atoms with Gasteiger partial charge in [0.25, 0.3) is 0 Å². The SMILES string of the molecule is Nc1c(Cl)cc(-c2nc3ncncc3[nH]2)cc1Cl. The zero-order valence-electron chi connectivity index (χ0n) is 8.98. The van der Waals surface area contributed by atoms with E-state index in [-0.39, 0.29) is 0 Å². The van der Waals surface area contributed by atoms with Crippen molar-refractivity contribution < 1.29 is 0 Å². The fraction of sp³-hybridized carbons (Fsp3) is 0. The number of aromatic amines is 1. The lowest BCUT2D eigenvalue weighted by Crippen LogP contribution is -1.89. The summed E-state index contributed by atoms with van der Waals surface area (Å²) in [5, 5.41) is 0.785. The molecule has 0 saturated carbocycles. The van der Waals surface area contributed by atoms with Crippen LogP contribution < -0.4 is 5.73 Å². The molecule has 3 N–H and O–H groups in total. The average Bonchev–Trinajstić information content (AvgIpc) is 2.79. The minimum Gasteiger partial charge on any atom is -0.396 e. The maximum atomic E-state index is 5.99. The van der Waals surface area contributed by atoms with E-state index in [2.05, 4.69) is 19.9 Å². The van der Waals surface area contributed by atoms with Crippen molar-refractivity contribution in [2.24, 2.45) is 0 Å². The number of nitrogens with one attached hydrogen (secondary N) is 1. The molecule has 2 heterocycles. The first-order valence-electron chi connectivity index (χ1n) is 5.06. The number of hydrogen-bond acceptors (Lipinski definition) is 4. The third-order valence-electron chi connectivity index (χ3n) is 2.51. The molecule has 2 aromatic heterocycles. The van der Waals surface area contributed by atoms with Gasteiger partial charge in [0.05, 0.1) is 21.9 Å². The van der Waals surface area contributed by atoms with E-state index < -0.39 is 0 Å². The second-order valence-electron chi connectivity index (χ2n) is 3.70. The van der Waals surface area contributed by atoms with E-state index in [9.17, 15) is 0 Å². The van der Waals surface area contributed by atoms with Crippen LogP contribution in [0.3, 0.4) is 0 Å². The van der Waals surface area contributed by atoms with Crippen LogP contribution in [-0.2, 0) is 0 Å². The van der Waals surface area contributed by atoms with Crippen LogP contribution in [0, 0.1) is 0 Å². The van der Waals surface area contributed by atoms with Crippen LogP contribution in [-0.4, -0.2) is 19.9 Å². The maximum absolute atomic E-state index is 5.99. The molecule has 0 bridgehead atoms. The van der Waals surface area contributed by atoms with Gasteiger partial charge in [0.1, 0.15) is 17.7 Å². The van der Waals surface area contributed by atoms with E-state index in [1.165, 1.54) is 6.33 Å². The van der Waals surface area contributed by atoms with Crippen molar-refractivity contribution in [2.75, 3.05) is 5.73 Å². The van der Waals surface area contributed by atoms with Gasteiger partial charge in [0, 0.05) is 5.56 Å². The topological polar surface area (TPSA) is 80.5 Å². The first-order valence-corrected chi connectivity index (χ1v) is 5.81. The van der Waals surface area contributed by atoms with Gasteiger partial charge < -0.3 is 10.7 Å². The zero-order chi connectivity index (χ0) is 12.7. The normalized spacial score (nSPS) is 11.0. The summed E-state index contributed by atoms with van der Waals surface area (Å²) >= 11 is 12.0. The standard InChI is InChI=1S/C11H7Cl2N5/c12-6-1-5(2-7(13)9(6)14)10-17-8-3-15-4-16-11(8)18-10/h1-4H,14H2,(H,15,16,17,18). The number of halogens is 2. The highest BCUT2D eigenvalue weighted by atomic mass is 35.5. The minimum atomic E-state index is 0.359. The monoisotopic (exact) mass is 279 g/mol. The lowest BCUT2D eigenvalue weighted by atomic mass is 10.2. The number of nitrogen functional groups attached to an aromatic ring is 1. The molecule has 1 aromatic carbocycles. The summed E-state index contributed by atoms with van der Waals surface area (Å²) in [5.74, 6) is 0.620. The van der Waals surface area contributed by atoms with Gasteiger partial charge in [-0.15, -0.1) is 0 Å². The zero-order valence-corrected chi connectivity index (χ0v) is 10.5. The fourth-order valence-corrected chi connectivity index (χ4v) is 2.11. The summed E-state index contributed by atoms with van der Waals surface area (Å²) < 4.78 is 0. The highest BCUT2D eigenvalue weighted by Crippen LogP contribution is 2.32. The van der Waals surface area contributed by atoms with Crippen molar-refractivity contribution >= 4 is 40.1 Å². The minimum absolute atomic E-state index is 0.359. The molecule has 0 amide bonds. The molecular formula is C11H7Cl2N5. The molecule has 0 unspecified atom stereocenters. The van der Waals surface area contributed by atoms with E-state index in [0.29, 0.717) is 27.2 Å². The van der Waals surface area contributed by atoms with Gasteiger partial charge in [0.15, 0.2) is 5.65 Å². The third-order valence-corrected chi connectivity index (χ3v) is 3.14. The van der Waals surface area contributed by atoms with Crippen molar-refractivity contribution in [3.63, 3.8) is 0 Å². The van der Waals surface area contributed by atoms with Crippen LogP contribution in [0.25, 0.3) is 22.6 Å². The molecule has 0 aliphatic heterocycles. The van der Waals surface area contributed by atoms with Gasteiger partial charge >= 0.3 is 0 Å². The molecule has 0 atom stereocenters. The number of fused-ring (bicyclic) bond motifs is 1. The Morgan fingerprint density at radius 3 is 2.56 bits per heavy atom. The van der Waals surface area contributed by atoms with Crippen LogP contribution in [0.1, 0.15) is 0 Å². The Bertz CT molecular complexity index is 681. The predicted molar refractivity (Wildman–Crippen MR) is 71.6 cm³/mol. The number of hydrogen-bond donors (Lipinski definition) is 2. The molecule has 90 valence electrons. The van der Waals surface area contributed by atoms with Crippen molar-refractivity contribution in [3.8, 4) is 11.4 Å². The van der Waals surface area contributed by atoms with Crippen LogP contribution in [0.5, 0.6) is 0 Å². The van der Waals surface area contributed by atoms with Gasteiger partial charge in [-0.3, -0.25) is 0 Å². The summed E-state index contributed by atoms with van der Waals surface area (Å²) in [6.07, 6.45) is 3.09. The van der Waals surface area contributed by atoms with E-state index in [1.807, 2.05) is 0 Å². The van der Waals surface area contributed by atoms with Crippen molar-refractivity contribution in [1.29, 1.82) is 0 Å². The summed E-state index contributed by atoms with van der Waals surface area (Å²) in [5.41, 5.74) is 8.13. The molecule has 0 radical (unpaired) electrons. The first-order chi connectivity index (χ1) is 8.65. The lowest BCUT2D eigenvalue weighted by molar-refractivity contribution is 1.20. The van der Waals surface area contributed by atoms with Gasteiger partial charge in [-0.25, -0.2) is 15.0 Å². The second kappa shape index (κ2) is 4.12. The highest BCUT2D eigenvalue weighted by molar-refractivity contribution is 6.39. The number of imidazole rings is 1. The van der Waals surface area contributed by atoms with E-state index in [4.69, 9.17) is 28.9 Å². The summed E-state index contributed by atoms with van der Waals surface area (Å²) in [6.45, 7) is 0. The smallest absolute Gasteiger partial charge is 0.181 e. The average molecular weight is 280 g/mol. The number of nitrogens with two attached hydrogens (primary N) is 1. The first kappa shape index (κ1) is 11.3. The molecule has 0 saturated heterocycles. The van der Waals surface area contributed by atoms with Crippen molar-refractivity contribution in [3.05, 3.63) is 34.7 Å². The Labute approximate surface area is 112 Å². The molecule has 3 rings (SSSR count). The van der Waals surface area contributed by atoms with Crippen LogP contribution in [0.15, 0.2) is 24.7 Å². The van der Waals surface area contributed by atoms with E-state index in [1.54, 1.807) is 18.3 Å². The molecule has 0 aliphatic rings. The summed E-state index contributed by atoms with van der Waals surface area (Å²) in [6, 6.07) is 3.40. The molecule has 18 heavy (non-hydrogen) atoms. The maximum Gasteiger partial charge on any atom is 0.181 e. The van der Waals surface area contributed by atoms with Crippen LogP contribution >= 0.6 is 23.2 Å². The molecule has 5 nitrogen and oxygen atoms in total. The largest absolute Gasteiger partial charge is 0.396 e. The lowest BCUT2D eigenvalue weighted by Gasteiger charge is -2.03. The molecule has 0 aliphatic carbocycles. The van der Waals surface area contributed by atoms with Gasteiger partial charge in [0.2, 0.25) is 0 Å². The Kier molecular flexibility index (Phi) is 2.57. The van der Waals surface area contributed by atoms with Crippen molar-refractivity contribution in [1.82, 2.24) is 19.9 Å². The summed E-state index contributed by atoms with van der Waals surface area (Å²) in [4.78, 5) is 15.4. The van der Waals surface area contributed by atoms with E-state index in [0.717, 1.165) is 11.1 Å². The second-order valence-corrected chi connectivity index (χ2v) is 4.51. The van der Waals surface area contributed by atoms with E-state index >= 15 is 0 Å². The summed E-state index contributed by atoms with van der Waals surface area (Å²) in [7, 11) is 0. The molecule has 0 spiro atoms. The fourth-order valence-electron chi connectivity index (χ4n) is 1.62.